The van der Waals surface area contributed by atoms with Crippen molar-refractivity contribution in [2.24, 2.45) is 0 Å². The number of hydrogen-bond donors (Lipinski definition) is 1. The first kappa shape index (κ1) is 17.8. The van der Waals surface area contributed by atoms with Crippen LogP contribution in [0.25, 0.3) is 11.0 Å². The van der Waals surface area contributed by atoms with E-state index < -0.39 is 17.7 Å². The Balaban J connectivity index is 2.23. The van der Waals surface area contributed by atoms with Crippen LogP contribution in [0.4, 0.5) is 0 Å². The van der Waals surface area contributed by atoms with E-state index in [1.54, 1.807) is 19.1 Å². The molecule has 1 unspecified atom stereocenters. The van der Waals surface area contributed by atoms with Crippen LogP contribution < -0.4 is 0 Å². The van der Waals surface area contributed by atoms with Gasteiger partial charge in [0.05, 0.1) is 33.4 Å². The molecule has 0 amide bonds. The van der Waals surface area contributed by atoms with Gasteiger partial charge in [0.1, 0.15) is 5.58 Å². The number of carboxylic acid groups (broad SMARTS) is 1. The molecule has 0 saturated heterocycles. The first-order valence-corrected chi connectivity index (χ1v) is 8.36. The number of carbonyl (C=O) groups excluding carboxylic acids is 1. The highest BCUT2D eigenvalue weighted by molar-refractivity contribution is 6.43. The summed E-state index contributed by atoms with van der Waals surface area (Å²) in [4.78, 5) is 24.3. The van der Waals surface area contributed by atoms with E-state index in [9.17, 15) is 14.7 Å². The molecule has 25 heavy (non-hydrogen) atoms. The van der Waals surface area contributed by atoms with Crippen LogP contribution in [0.3, 0.4) is 0 Å². The highest BCUT2D eigenvalue weighted by Gasteiger charge is 2.24. The van der Waals surface area contributed by atoms with Crippen molar-refractivity contribution in [1.82, 2.24) is 0 Å². The normalized spacial score (nSPS) is 12.3. The standard InChI is InChI=1S/C18H11Cl3O4/c1-8(18(23)24)10-4-9-2-3-25-17(9)12(5-10)16(22)15-13(20)6-11(19)7-14(15)21/h2-8H,1H3,(H,23,24). The summed E-state index contributed by atoms with van der Waals surface area (Å²) in [5.41, 5.74) is 1.10. The van der Waals surface area contributed by atoms with Crippen molar-refractivity contribution in [1.29, 1.82) is 0 Å². The average molecular weight is 398 g/mol. The van der Waals surface area contributed by atoms with Gasteiger partial charge in [0.2, 0.25) is 0 Å². The minimum atomic E-state index is -0.996. The maximum absolute atomic E-state index is 13.0. The Morgan fingerprint density at radius 3 is 2.32 bits per heavy atom. The summed E-state index contributed by atoms with van der Waals surface area (Å²) >= 11 is 18.2. The summed E-state index contributed by atoms with van der Waals surface area (Å²) in [6, 6.07) is 7.68. The topological polar surface area (TPSA) is 67.5 Å². The van der Waals surface area contributed by atoms with Crippen molar-refractivity contribution in [3.05, 3.63) is 68.4 Å². The molecular weight excluding hydrogens is 387 g/mol. The van der Waals surface area contributed by atoms with Crippen molar-refractivity contribution < 1.29 is 19.1 Å². The molecular formula is C18H11Cl3O4. The quantitative estimate of drug-likeness (QED) is 0.564. The van der Waals surface area contributed by atoms with Crippen LogP contribution in [0.5, 0.6) is 0 Å². The summed E-state index contributed by atoms with van der Waals surface area (Å²) < 4.78 is 5.41. The predicted molar refractivity (Wildman–Crippen MR) is 97.2 cm³/mol. The van der Waals surface area contributed by atoms with E-state index >= 15 is 0 Å². The van der Waals surface area contributed by atoms with Crippen molar-refractivity contribution in [2.45, 2.75) is 12.8 Å². The predicted octanol–water partition coefficient (Wildman–Crippen LogP) is 5.81. The van der Waals surface area contributed by atoms with Crippen LogP contribution in [-0.4, -0.2) is 16.9 Å². The lowest BCUT2D eigenvalue weighted by Gasteiger charge is -2.11. The molecule has 7 heteroatoms. The monoisotopic (exact) mass is 396 g/mol. The van der Waals surface area contributed by atoms with Crippen molar-refractivity contribution >= 4 is 57.5 Å². The van der Waals surface area contributed by atoms with E-state index in [2.05, 4.69) is 0 Å². The van der Waals surface area contributed by atoms with E-state index in [1.807, 2.05) is 0 Å². The molecule has 3 rings (SSSR count). The molecule has 1 aromatic heterocycles. The van der Waals surface area contributed by atoms with Gasteiger partial charge in [-0.1, -0.05) is 34.8 Å². The molecule has 0 aliphatic carbocycles. The lowest BCUT2D eigenvalue weighted by atomic mass is 9.94. The third-order valence-electron chi connectivity index (χ3n) is 3.92. The Labute approximate surface area is 157 Å². The van der Waals surface area contributed by atoms with E-state index in [-0.39, 0.29) is 21.2 Å². The Morgan fingerprint density at radius 1 is 1.08 bits per heavy atom. The second kappa shape index (κ2) is 6.71. The molecule has 2 aromatic carbocycles. The molecule has 0 fully saturated rings. The number of carbonyl (C=O) groups is 2. The third-order valence-corrected chi connectivity index (χ3v) is 4.74. The second-order valence-electron chi connectivity index (χ2n) is 5.54. The van der Waals surface area contributed by atoms with E-state index in [4.69, 9.17) is 39.2 Å². The first-order chi connectivity index (χ1) is 11.8. The zero-order valence-electron chi connectivity index (χ0n) is 12.8. The number of ketones is 1. The lowest BCUT2D eigenvalue weighted by Crippen LogP contribution is -2.10. The summed E-state index contributed by atoms with van der Waals surface area (Å²) in [7, 11) is 0. The zero-order valence-corrected chi connectivity index (χ0v) is 15.1. The SMILES string of the molecule is CC(C(=O)O)c1cc(C(=O)c2c(Cl)cc(Cl)cc2Cl)c2occc2c1. The largest absolute Gasteiger partial charge is 0.481 e. The maximum Gasteiger partial charge on any atom is 0.310 e. The van der Waals surface area contributed by atoms with Crippen molar-refractivity contribution in [2.75, 3.05) is 0 Å². The van der Waals surface area contributed by atoms with Gasteiger partial charge in [0.25, 0.3) is 0 Å². The van der Waals surface area contributed by atoms with Gasteiger partial charge in [0, 0.05) is 10.4 Å². The van der Waals surface area contributed by atoms with E-state index in [0.29, 0.717) is 21.6 Å². The minimum absolute atomic E-state index is 0.0885. The first-order valence-electron chi connectivity index (χ1n) is 7.22. The van der Waals surface area contributed by atoms with Crippen LogP contribution >= 0.6 is 34.8 Å². The minimum Gasteiger partial charge on any atom is -0.481 e. The number of carboxylic acids is 1. The fourth-order valence-electron chi connectivity index (χ4n) is 2.56. The molecule has 1 atom stereocenters. The van der Waals surface area contributed by atoms with Gasteiger partial charge in [-0.05, 0) is 42.8 Å². The number of halogens is 3. The van der Waals surface area contributed by atoms with Gasteiger partial charge in [0.15, 0.2) is 5.78 Å². The third kappa shape index (κ3) is 3.25. The smallest absolute Gasteiger partial charge is 0.310 e. The number of rotatable bonds is 4. The average Bonchev–Trinajstić information content (AvgIpc) is 3.00. The molecule has 0 bridgehead atoms. The van der Waals surface area contributed by atoms with Gasteiger partial charge >= 0.3 is 5.97 Å². The molecule has 0 aliphatic heterocycles. The number of hydrogen-bond acceptors (Lipinski definition) is 3. The van der Waals surface area contributed by atoms with Gasteiger partial charge in [-0.15, -0.1) is 0 Å². The molecule has 0 spiro atoms. The summed E-state index contributed by atoms with van der Waals surface area (Å²) in [5.74, 6) is -2.25. The van der Waals surface area contributed by atoms with Gasteiger partial charge in [-0.25, -0.2) is 0 Å². The Morgan fingerprint density at radius 2 is 1.72 bits per heavy atom. The molecule has 3 aromatic rings. The summed E-state index contributed by atoms with van der Waals surface area (Å²) in [6.45, 7) is 1.54. The van der Waals surface area contributed by atoms with E-state index in [0.717, 1.165) is 0 Å². The molecule has 1 heterocycles. The molecule has 1 N–H and O–H groups in total. The highest BCUT2D eigenvalue weighted by atomic mass is 35.5. The van der Waals surface area contributed by atoms with Crippen LogP contribution in [-0.2, 0) is 4.79 Å². The highest BCUT2D eigenvalue weighted by Crippen LogP contribution is 2.34. The second-order valence-corrected chi connectivity index (χ2v) is 6.79. The van der Waals surface area contributed by atoms with Crippen molar-refractivity contribution in [3.63, 3.8) is 0 Å². The number of benzene rings is 2. The lowest BCUT2D eigenvalue weighted by molar-refractivity contribution is -0.138. The summed E-state index contributed by atoms with van der Waals surface area (Å²) in [6.07, 6.45) is 1.43. The Bertz CT molecular complexity index is 984. The van der Waals surface area contributed by atoms with Crippen LogP contribution in [0, 0.1) is 0 Å². The maximum atomic E-state index is 13.0. The van der Waals surface area contributed by atoms with Crippen LogP contribution in [0.15, 0.2) is 41.0 Å². The molecule has 128 valence electrons. The molecule has 0 aliphatic rings. The fourth-order valence-corrected chi connectivity index (χ4v) is 3.55. The number of aliphatic carboxylic acids is 1. The van der Waals surface area contributed by atoms with Gasteiger partial charge in [-0.2, -0.15) is 0 Å². The molecule has 0 radical (unpaired) electrons. The Hall–Kier alpha value is -2.01. The zero-order chi connectivity index (χ0) is 18.3. The van der Waals surface area contributed by atoms with Crippen LogP contribution in [0.2, 0.25) is 15.1 Å². The van der Waals surface area contributed by atoms with Gasteiger partial charge < -0.3 is 9.52 Å². The number of fused-ring (bicyclic) bond motifs is 1. The number of furan rings is 1. The van der Waals surface area contributed by atoms with E-state index in [1.165, 1.54) is 24.5 Å². The van der Waals surface area contributed by atoms with Gasteiger partial charge in [-0.3, -0.25) is 9.59 Å². The Kier molecular flexibility index (Phi) is 4.78. The van der Waals surface area contributed by atoms with Crippen molar-refractivity contribution in [3.8, 4) is 0 Å². The fraction of sp³-hybridized carbons (Fsp3) is 0.111. The molecule has 0 saturated carbocycles. The van der Waals surface area contributed by atoms with Crippen LogP contribution in [0.1, 0.15) is 34.3 Å². The summed E-state index contributed by atoms with van der Waals surface area (Å²) in [5, 5.41) is 10.4. The molecule has 4 nitrogen and oxygen atoms in total.